The number of nitrogens with one attached hydrogen (secondary N) is 1. The van der Waals surface area contributed by atoms with Crippen LogP contribution in [0.15, 0.2) is 23.8 Å². The molecule has 2 aliphatic rings. The molecule has 0 aliphatic carbocycles. The van der Waals surface area contributed by atoms with Crippen LogP contribution in [0.4, 0.5) is 0 Å². The molecule has 1 fully saturated rings. The molecule has 0 bridgehead atoms. The van der Waals surface area contributed by atoms with Gasteiger partial charge in [-0.05, 0) is 35.4 Å². The van der Waals surface area contributed by atoms with Crippen LogP contribution in [0.2, 0.25) is 0 Å². The van der Waals surface area contributed by atoms with Crippen LogP contribution in [0.25, 0.3) is 0 Å². The van der Waals surface area contributed by atoms with Crippen molar-refractivity contribution in [1.29, 1.82) is 0 Å². The zero-order valence-electron chi connectivity index (χ0n) is 14.6. The van der Waals surface area contributed by atoms with E-state index < -0.39 is 0 Å². The molecule has 1 amide bonds. The molecule has 7 heteroatoms. The summed E-state index contributed by atoms with van der Waals surface area (Å²) in [6.45, 7) is 4.66. The predicted molar refractivity (Wildman–Crippen MR) is 102 cm³/mol. The topological polar surface area (TPSA) is 50.2 Å². The van der Waals surface area contributed by atoms with E-state index in [1.54, 1.807) is 0 Å². The maximum Gasteiger partial charge on any atom is 0.228 e. The maximum atomic E-state index is 13.4. The minimum Gasteiger partial charge on any atom is -0.335 e. The Morgan fingerprint density at radius 2 is 2.28 bits per heavy atom. The normalized spacial score (nSPS) is 25.5. The quantitative estimate of drug-likeness (QED) is 0.890. The number of aryl methyl sites for hydroxylation is 1. The summed E-state index contributed by atoms with van der Waals surface area (Å²) < 4.78 is 1.82. The molecule has 0 aromatic carbocycles. The van der Waals surface area contributed by atoms with Crippen LogP contribution in [0, 0.1) is 5.92 Å². The third kappa shape index (κ3) is 3.23. The zero-order valence-corrected chi connectivity index (χ0v) is 16.3. The lowest BCUT2D eigenvalue weighted by Gasteiger charge is -2.37. The van der Waals surface area contributed by atoms with E-state index in [0.29, 0.717) is 5.91 Å². The highest BCUT2D eigenvalue weighted by Crippen LogP contribution is 2.38. The standard InChI is InChI=1S/C18H24N4OS.ClH/c1-3-16-13-5-7-24-17(13)4-6-22(16)18(23)15-10-19-9-14(15)12-8-20-21(2)11-12;/h5,7-8,11,14-16,19H,3-4,6,9-10H2,1-2H3;1H/t14-,15+,16?;/m1./s1. The number of hydrogen-bond donors (Lipinski definition) is 1. The third-order valence-electron chi connectivity index (χ3n) is 5.45. The van der Waals surface area contributed by atoms with Crippen molar-refractivity contribution in [1.82, 2.24) is 20.0 Å². The van der Waals surface area contributed by atoms with Gasteiger partial charge in [0, 0.05) is 43.7 Å². The highest BCUT2D eigenvalue weighted by molar-refractivity contribution is 7.10. The molecular weight excluding hydrogens is 356 g/mol. The average molecular weight is 381 g/mol. The van der Waals surface area contributed by atoms with Gasteiger partial charge in [-0.3, -0.25) is 9.48 Å². The van der Waals surface area contributed by atoms with Gasteiger partial charge in [0.2, 0.25) is 5.91 Å². The summed E-state index contributed by atoms with van der Waals surface area (Å²) in [7, 11) is 1.93. The van der Waals surface area contributed by atoms with E-state index in [1.807, 2.05) is 35.5 Å². The minimum atomic E-state index is 0. The molecule has 4 rings (SSSR count). The lowest BCUT2D eigenvalue weighted by atomic mass is 9.88. The lowest BCUT2D eigenvalue weighted by Crippen LogP contribution is -2.44. The number of carbonyl (C=O) groups excluding carboxylic acids is 1. The van der Waals surface area contributed by atoms with E-state index in [1.165, 1.54) is 16.0 Å². The van der Waals surface area contributed by atoms with E-state index in [4.69, 9.17) is 0 Å². The molecule has 0 spiro atoms. The van der Waals surface area contributed by atoms with Crippen LogP contribution in [0.5, 0.6) is 0 Å². The molecule has 3 atom stereocenters. The molecule has 2 aromatic rings. The molecule has 0 saturated carbocycles. The monoisotopic (exact) mass is 380 g/mol. The van der Waals surface area contributed by atoms with E-state index in [9.17, 15) is 4.79 Å². The van der Waals surface area contributed by atoms with Gasteiger partial charge in [-0.15, -0.1) is 23.7 Å². The number of fused-ring (bicyclic) bond motifs is 1. The van der Waals surface area contributed by atoms with Crippen molar-refractivity contribution in [2.75, 3.05) is 19.6 Å². The highest BCUT2D eigenvalue weighted by atomic mass is 35.5. The molecule has 1 unspecified atom stereocenters. The second-order valence-corrected chi connectivity index (χ2v) is 7.82. The average Bonchev–Trinajstić information content (AvgIpc) is 3.32. The Labute approximate surface area is 158 Å². The van der Waals surface area contributed by atoms with E-state index in [0.717, 1.165) is 32.5 Å². The van der Waals surface area contributed by atoms with Crippen molar-refractivity contribution in [2.45, 2.75) is 31.7 Å². The molecule has 1 N–H and O–H groups in total. The first-order valence-electron chi connectivity index (χ1n) is 8.75. The molecule has 0 radical (unpaired) electrons. The van der Waals surface area contributed by atoms with Crippen molar-refractivity contribution in [3.05, 3.63) is 39.8 Å². The molecule has 2 aliphatic heterocycles. The van der Waals surface area contributed by atoms with Crippen LogP contribution >= 0.6 is 23.7 Å². The number of amides is 1. The van der Waals surface area contributed by atoms with E-state index in [2.05, 4.69) is 33.7 Å². The number of rotatable bonds is 3. The Balaban J connectivity index is 0.00000182. The fraction of sp³-hybridized carbons (Fsp3) is 0.556. The summed E-state index contributed by atoms with van der Waals surface area (Å²) in [5, 5.41) is 9.87. The molecule has 136 valence electrons. The summed E-state index contributed by atoms with van der Waals surface area (Å²) in [6, 6.07) is 2.45. The van der Waals surface area contributed by atoms with Crippen LogP contribution in [0.3, 0.4) is 0 Å². The summed E-state index contributed by atoms with van der Waals surface area (Å²) in [6.07, 6.45) is 5.92. The van der Waals surface area contributed by atoms with Gasteiger partial charge in [-0.2, -0.15) is 5.10 Å². The van der Waals surface area contributed by atoms with Gasteiger partial charge in [0.15, 0.2) is 0 Å². The first kappa shape index (κ1) is 18.4. The van der Waals surface area contributed by atoms with E-state index in [-0.39, 0.29) is 30.3 Å². The summed E-state index contributed by atoms with van der Waals surface area (Å²) in [5.41, 5.74) is 2.54. The number of nitrogens with zero attached hydrogens (tertiary/aromatic N) is 3. The number of hydrogen-bond acceptors (Lipinski definition) is 4. The second-order valence-electron chi connectivity index (χ2n) is 6.82. The zero-order chi connectivity index (χ0) is 16.7. The number of aromatic nitrogens is 2. The van der Waals surface area contributed by atoms with Gasteiger partial charge >= 0.3 is 0 Å². The van der Waals surface area contributed by atoms with Crippen LogP contribution in [0.1, 0.15) is 41.3 Å². The van der Waals surface area contributed by atoms with Gasteiger partial charge in [0.05, 0.1) is 18.2 Å². The van der Waals surface area contributed by atoms with Crippen molar-refractivity contribution in [3.8, 4) is 0 Å². The Hall–Kier alpha value is -1.37. The highest BCUT2D eigenvalue weighted by Gasteiger charge is 2.40. The summed E-state index contributed by atoms with van der Waals surface area (Å²) >= 11 is 1.83. The van der Waals surface area contributed by atoms with Gasteiger partial charge < -0.3 is 10.2 Å². The van der Waals surface area contributed by atoms with Gasteiger partial charge in [-0.25, -0.2) is 0 Å². The minimum absolute atomic E-state index is 0. The summed E-state index contributed by atoms with van der Waals surface area (Å²) in [5.74, 6) is 0.550. The van der Waals surface area contributed by atoms with Crippen molar-refractivity contribution in [3.63, 3.8) is 0 Å². The first-order valence-corrected chi connectivity index (χ1v) is 9.63. The molecule has 1 saturated heterocycles. The SMILES string of the molecule is CCC1c2ccsc2CCN1C(=O)[C@H]1CNC[C@@H]1c1cnn(C)c1.Cl. The van der Waals surface area contributed by atoms with Gasteiger partial charge in [-0.1, -0.05) is 6.92 Å². The molecule has 4 heterocycles. The van der Waals surface area contributed by atoms with Crippen molar-refractivity contribution < 1.29 is 4.79 Å². The largest absolute Gasteiger partial charge is 0.335 e. The van der Waals surface area contributed by atoms with E-state index >= 15 is 0 Å². The Morgan fingerprint density at radius 1 is 1.44 bits per heavy atom. The number of carbonyl (C=O) groups is 1. The molecule has 2 aromatic heterocycles. The third-order valence-corrected chi connectivity index (χ3v) is 6.45. The fourth-order valence-electron chi connectivity index (χ4n) is 4.23. The predicted octanol–water partition coefficient (Wildman–Crippen LogP) is 2.74. The van der Waals surface area contributed by atoms with Gasteiger partial charge in [0.1, 0.15) is 0 Å². The first-order chi connectivity index (χ1) is 11.7. The van der Waals surface area contributed by atoms with Gasteiger partial charge in [0.25, 0.3) is 0 Å². The Morgan fingerprint density at radius 3 is 3.00 bits per heavy atom. The lowest BCUT2D eigenvalue weighted by molar-refractivity contribution is -0.138. The van der Waals surface area contributed by atoms with Crippen molar-refractivity contribution >= 4 is 29.7 Å². The smallest absolute Gasteiger partial charge is 0.228 e. The Kier molecular flexibility index (Phi) is 5.51. The molecular formula is C18H25ClN4OS. The summed E-state index contributed by atoms with van der Waals surface area (Å²) in [4.78, 5) is 16.9. The maximum absolute atomic E-state index is 13.4. The van der Waals surface area contributed by atoms with Crippen LogP contribution < -0.4 is 5.32 Å². The molecule has 5 nitrogen and oxygen atoms in total. The number of halogens is 1. The van der Waals surface area contributed by atoms with Crippen LogP contribution in [-0.2, 0) is 18.3 Å². The Bertz CT molecular complexity index is 743. The second kappa shape index (κ2) is 7.48. The number of thiophene rings is 1. The fourth-order valence-corrected chi connectivity index (χ4v) is 5.16. The van der Waals surface area contributed by atoms with Crippen LogP contribution in [-0.4, -0.2) is 40.2 Å². The molecule has 25 heavy (non-hydrogen) atoms. The van der Waals surface area contributed by atoms with Crippen molar-refractivity contribution in [2.24, 2.45) is 13.0 Å².